The summed E-state index contributed by atoms with van der Waals surface area (Å²) in [4.78, 5) is 2.58. The van der Waals surface area contributed by atoms with Crippen molar-refractivity contribution >= 4 is 10.9 Å². The van der Waals surface area contributed by atoms with Crippen LogP contribution in [0.3, 0.4) is 0 Å². The van der Waals surface area contributed by atoms with Crippen LogP contribution in [-0.2, 0) is 6.54 Å². The average molecular weight is 332 g/mol. The minimum Gasteiger partial charge on any atom is -0.346 e. The summed E-state index contributed by atoms with van der Waals surface area (Å²) < 4.78 is 2.42. The predicted molar refractivity (Wildman–Crippen MR) is 107 cm³/mol. The monoisotopic (exact) mass is 332 g/mol. The Morgan fingerprint density at radius 3 is 2.36 bits per heavy atom. The van der Waals surface area contributed by atoms with E-state index in [0.29, 0.717) is 5.92 Å². The predicted octanol–water partition coefficient (Wildman–Crippen LogP) is 5.53. The molecule has 0 N–H and O–H groups in total. The third-order valence-corrected chi connectivity index (χ3v) is 5.56. The summed E-state index contributed by atoms with van der Waals surface area (Å²) in [6.45, 7) is 9.28. The van der Waals surface area contributed by atoms with Crippen LogP contribution in [0.15, 0.2) is 54.7 Å². The fourth-order valence-corrected chi connectivity index (χ4v) is 3.97. The van der Waals surface area contributed by atoms with E-state index in [9.17, 15) is 0 Å². The zero-order valence-corrected chi connectivity index (χ0v) is 15.4. The lowest BCUT2D eigenvalue weighted by atomic mass is 9.97. The van der Waals surface area contributed by atoms with Crippen molar-refractivity contribution in [3.63, 3.8) is 0 Å². The van der Waals surface area contributed by atoms with Crippen LogP contribution < -0.4 is 0 Å². The molecule has 0 amide bonds. The van der Waals surface area contributed by atoms with Gasteiger partial charge < -0.3 is 9.47 Å². The van der Waals surface area contributed by atoms with Crippen molar-refractivity contribution in [3.05, 3.63) is 60.3 Å². The van der Waals surface area contributed by atoms with Gasteiger partial charge in [-0.2, -0.15) is 0 Å². The van der Waals surface area contributed by atoms with Crippen LogP contribution in [0, 0.1) is 0 Å². The molecule has 3 aromatic rings. The van der Waals surface area contributed by atoms with Gasteiger partial charge in [0.25, 0.3) is 0 Å². The molecule has 0 saturated carbocycles. The minimum atomic E-state index is 0.580. The molecule has 0 atom stereocenters. The maximum atomic E-state index is 2.58. The van der Waals surface area contributed by atoms with Gasteiger partial charge in [0.2, 0.25) is 0 Å². The molecule has 1 aromatic heterocycles. The molecule has 2 nitrogen and oxygen atoms in total. The van der Waals surface area contributed by atoms with E-state index in [1.807, 2.05) is 0 Å². The SMILES string of the molecule is CC(C)c1ccc(-c2cccc3c2ccn3CCN2CCCC2)cc1. The first-order chi connectivity index (χ1) is 12.2. The number of fused-ring (bicyclic) bond motifs is 1. The minimum absolute atomic E-state index is 0.580. The first-order valence-corrected chi connectivity index (χ1v) is 9.63. The summed E-state index contributed by atoms with van der Waals surface area (Å²) >= 11 is 0. The van der Waals surface area contributed by atoms with Gasteiger partial charge in [-0.1, -0.05) is 50.2 Å². The average Bonchev–Trinajstić information content (AvgIpc) is 3.29. The molecule has 1 aliphatic heterocycles. The summed E-state index contributed by atoms with van der Waals surface area (Å²) in [7, 11) is 0. The van der Waals surface area contributed by atoms with Crippen molar-refractivity contribution in [1.82, 2.24) is 9.47 Å². The fraction of sp³-hybridized carbons (Fsp3) is 0.391. The smallest absolute Gasteiger partial charge is 0.0486 e. The second-order valence-corrected chi connectivity index (χ2v) is 7.57. The Bertz CT molecular complexity index is 836. The van der Waals surface area contributed by atoms with Crippen LogP contribution >= 0.6 is 0 Å². The lowest BCUT2D eigenvalue weighted by molar-refractivity contribution is 0.324. The third kappa shape index (κ3) is 3.36. The molecule has 1 aliphatic rings. The molecule has 1 saturated heterocycles. The van der Waals surface area contributed by atoms with Gasteiger partial charge in [-0.25, -0.2) is 0 Å². The highest BCUT2D eigenvalue weighted by molar-refractivity contribution is 5.95. The van der Waals surface area contributed by atoms with E-state index in [0.717, 1.165) is 13.1 Å². The molecule has 130 valence electrons. The van der Waals surface area contributed by atoms with Gasteiger partial charge >= 0.3 is 0 Å². The maximum Gasteiger partial charge on any atom is 0.0486 e. The second-order valence-electron chi connectivity index (χ2n) is 7.57. The lowest BCUT2D eigenvalue weighted by Crippen LogP contribution is -2.23. The van der Waals surface area contributed by atoms with Crippen LogP contribution in [0.4, 0.5) is 0 Å². The molecule has 0 radical (unpaired) electrons. The highest BCUT2D eigenvalue weighted by Crippen LogP contribution is 2.30. The quantitative estimate of drug-likeness (QED) is 0.596. The Morgan fingerprint density at radius 2 is 1.64 bits per heavy atom. The standard InChI is InChI=1S/C23H28N2/c1-18(2)19-8-10-20(11-9-19)21-6-5-7-23-22(21)12-15-25(23)17-16-24-13-3-4-14-24/h5-12,15,18H,3-4,13-14,16-17H2,1-2H3. The number of hydrogen-bond donors (Lipinski definition) is 0. The molecule has 0 spiro atoms. The molecule has 0 bridgehead atoms. The summed E-state index contributed by atoms with van der Waals surface area (Å²) in [5.41, 5.74) is 5.41. The van der Waals surface area contributed by atoms with Crippen LogP contribution in [0.1, 0.15) is 38.2 Å². The van der Waals surface area contributed by atoms with E-state index in [-0.39, 0.29) is 0 Å². The van der Waals surface area contributed by atoms with Crippen LogP contribution in [-0.4, -0.2) is 29.1 Å². The van der Waals surface area contributed by atoms with E-state index in [1.54, 1.807) is 0 Å². The van der Waals surface area contributed by atoms with Gasteiger partial charge in [-0.15, -0.1) is 0 Å². The van der Waals surface area contributed by atoms with E-state index in [4.69, 9.17) is 0 Å². The van der Waals surface area contributed by atoms with Gasteiger partial charge in [0.05, 0.1) is 0 Å². The van der Waals surface area contributed by atoms with Gasteiger partial charge in [0, 0.05) is 30.2 Å². The van der Waals surface area contributed by atoms with Gasteiger partial charge in [0.1, 0.15) is 0 Å². The van der Waals surface area contributed by atoms with E-state index >= 15 is 0 Å². The largest absolute Gasteiger partial charge is 0.346 e. The number of hydrogen-bond acceptors (Lipinski definition) is 1. The van der Waals surface area contributed by atoms with Crippen molar-refractivity contribution in [2.45, 2.75) is 39.2 Å². The lowest BCUT2D eigenvalue weighted by Gasteiger charge is -2.15. The molecule has 4 rings (SSSR count). The summed E-state index contributed by atoms with van der Waals surface area (Å²) in [5, 5.41) is 1.36. The van der Waals surface area contributed by atoms with Crippen molar-refractivity contribution in [3.8, 4) is 11.1 Å². The molecule has 2 heterocycles. The van der Waals surface area contributed by atoms with E-state index in [2.05, 4.69) is 78.0 Å². The Kier molecular flexibility index (Phi) is 4.63. The van der Waals surface area contributed by atoms with Gasteiger partial charge in [0.15, 0.2) is 0 Å². The Balaban J connectivity index is 1.61. The molecular weight excluding hydrogens is 304 g/mol. The number of benzene rings is 2. The zero-order chi connectivity index (χ0) is 17.2. The topological polar surface area (TPSA) is 8.17 Å². The first kappa shape index (κ1) is 16.4. The van der Waals surface area contributed by atoms with Crippen molar-refractivity contribution in [2.75, 3.05) is 19.6 Å². The summed E-state index contributed by atoms with van der Waals surface area (Å²) in [5.74, 6) is 0.580. The summed E-state index contributed by atoms with van der Waals surface area (Å²) in [6, 6.07) is 18.1. The molecule has 2 aromatic carbocycles. The molecule has 1 fully saturated rings. The molecular formula is C23H28N2. The van der Waals surface area contributed by atoms with E-state index in [1.165, 1.54) is 53.5 Å². The Labute approximate surface area is 151 Å². The molecule has 2 heteroatoms. The highest BCUT2D eigenvalue weighted by Gasteiger charge is 2.12. The Hall–Kier alpha value is -2.06. The number of nitrogens with zero attached hydrogens (tertiary/aromatic N) is 2. The van der Waals surface area contributed by atoms with Gasteiger partial charge in [-0.3, -0.25) is 0 Å². The van der Waals surface area contributed by atoms with Gasteiger partial charge in [-0.05, 0) is 60.7 Å². The van der Waals surface area contributed by atoms with Crippen LogP contribution in [0.2, 0.25) is 0 Å². The molecule has 0 unspecified atom stereocenters. The number of aromatic nitrogens is 1. The molecule has 0 aliphatic carbocycles. The van der Waals surface area contributed by atoms with Crippen molar-refractivity contribution in [2.24, 2.45) is 0 Å². The maximum absolute atomic E-state index is 2.58. The third-order valence-electron chi connectivity index (χ3n) is 5.56. The zero-order valence-electron chi connectivity index (χ0n) is 15.4. The first-order valence-electron chi connectivity index (χ1n) is 9.63. The fourth-order valence-electron chi connectivity index (χ4n) is 3.97. The van der Waals surface area contributed by atoms with E-state index < -0.39 is 0 Å². The Morgan fingerprint density at radius 1 is 0.880 bits per heavy atom. The normalized spacial score (nSPS) is 15.5. The number of likely N-dealkylation sites (tertiary alicyclic amines) is 1. The summed E-state index contributed by atoms with van der Waals surface area (Å²) in [6.07, 6.45) is 4.98. The van der Waals surface area contributed by atoms with Crippen LogP contribution in [0.5, 0.6) is 0 Å². The van der Waals surface area contributed by atoms with Crippen LogP contribution in [0.25, 0.3) is 22.0 Å². The van der Waals surface area contributed by atoms with Crippen molar-refractivity contribution in [1.29, 1.82) is 0 Å². The second kappa shape index (κ2) is 7.05. The molecule has 25 heavy (non-hydrogen) atoms. The highest BCUT2D eigenvalue weighted by atomic mass is 15.2. The van der Waals surface area contributed by atoms with Crippen molar-refractivity contribution < 1.29 is 0 Å². The number of rotatable bonds is 5.